The van der Waals surface area contributed by atoms with E-state index in [9.17, 15) is 14.4 Å². The third-order valence-electron chi connectivity index (χ3n) is 3.54. The summed E-state index contributed by atoms with van der Waals surface area (Å²) >= 11 is 13.3. The summed E-state index contributed by atoms with van der Waals surface area (Å²) in [4.78, 5) is 37.4. The molecule has 2 aromatic rings. The van der Waals surface area contributed by atoms with Crippen molar-refractivity contribution in [3.05, 3.63) is 54.6 Å². The Morgan fingerprint density at radius 2 is 1.71 bits per heavy atom. The highest BCUT2D eigenvalue weighted by atomic mass is 35.5. The number of benzene rings is 1. The molecule has 1 aromatic carbocycles. The number of hydrogen-bond acceptors (Lipinski definition) is 5. The number of nitrogen functional groups attached to an aromatic ring is 1. The lowest BCUT2D eigenvalue weighted by Gasteiger charge is -2.15. The normalized spacial score (nSPS) is 12.2. The molecule has 0 amide bonds. The van der Waals surface area contributed by atoms with Gasteiger partial charge in [0.15, 0.2) is 5.78 Å². The lowest BCUT2D eigenvalue weighted by molar-refractivity contribution is 0.0992. The second kappa shape index (κ2) is 7.04. The lowest BCUT2D eigenvalue weighted by atomic mass is 10.1. The number of thioether (sulfide) groups is 1. The van der Waals surface area contributed by atoms with Crippen LogP contribution >= 0.6 is 35.0 Å². The van der Waals surface area contributed by atoms with Gasteiger partial charge in [-0.2, -0.15) is 0 Å². The molecule has 24 heavy (non-hydrogen) atoms. The van der Waals surface area contributed by atoms with E-state index in [1.807, 2.05) is 0 Å². The van der Waals surface area contributed by atoms with Crippen LogP contribution in [0.25, 0.3) is 0 Å². The van der Waals surface area contributed by atoms with E-state index in [4.69, 9.17) is 28.9 Å². The number of carbonyl (C=O) groups excluding carboxylic acids is 1. The Bertz CT molecular complexity index is 917. The molecule has 1 unspecified atom stereocenters. The molecule has 1 atom stereocenters. The topological polar surface area (TPSA) is 87.1 Å². The average Bonchev–Trinajstić information content (AvgIpc) is 2.54. The third-order valence-corrected chi connectivity index (χ3v) is 5.64. The van der Waals surface area contributed by atoms with Crippen molar-refractivity contribution >= 4 is 46.6 Å². The smallest absolute Gasteiger partial charge is 0.332 e. The molecule has 0 radical (unpaired) electrons. The minimum atomic E-state index is -0.724. The summed E-state index contributed by atoms with van der Waals surface area (Å²) in [6.07, 6.45) is 0. The molecule has 1 heterocycles. The average molecular weight is 388 g/mol. The van der Waals surface area contributed by atoms with Crippen LogP contribution in [-0.4, -0.2) is 20.2 Å². The Balaban J connectivity index is 2.47. The van der Waals surface area contributed by atoms with E-state index >= 15 is 0 Å². The van der Waals surface area contributed by atoms with E-state index < -0.39 is 22.3 Å². The number of nitrogens with zero attached hydrogens (tertiary/aromatic N) is 2. The molecule has 0 aliphatic carbocycles. The first-order valence-electron chi connectivity index (χ1n) is 6.87. The van der Waals surface area contributed by atoms with Crippen LogP contribution in [0.3, 0.4) is 0 Å². The van der Waals surface area contributed by atoms with Crippen LogP contribution in [0.1, 0.15) is 17.3 Å². The van der Waals surface area contributed by atoms with Gasteiger partial charge in [-0.1, -0.05) is 29.3 Å². The molecule has 0 aliphatic heterocycles. The van der Waals surface area contributed by atoms with Gasteiger partial charge in [-0.05, 0) is 19.1 Å². The number of rotatable bonds is 4. The van der Waals surface area contributed by atoms with E-state index in [1.165, 1.54) is 14.1 Å². The molecular weight excluding hydrogens is 373 g/mol. The van der Waals surface area contributed by atoms with Crippen molar-refractivity contribution in [3.63, 3.8) is 0 Å². The molecule has 1 aromatic heterocycles. The van der Waals surface area contributed by atoms with Crippen molar-refractivity contribution in [1.82, 2.24) is 9.13 Å². The Morgan fingerprint density at radius 3 is 2.25 bits per heavy atom. The minimum Gasteiger partial charge on any atom is -0.384 e. The Hall–Kier alpha value is -1.70. The number of hydrogen-bond donors (Lipinski definition) is 1. The van der Waals surface area contributed by atoms with Gasteiger partial charge in [0.25, 0.3) is 5.56 Å². The summed E-state index contributed by atoms with van der Waals surface area (Å²) in [6.45, 7) is 1.62. The number of ketones is 1. The van der Waals surface area contributed by atoms with E-state index in [0.29, 0.717) is 14.9 Å². The molecule has 0 spiro atoms. The quantitative estimate of drug-likeness (QED) is 0.642. The van der Waals surface area contributed by atoms with Crippen LogP contribution in [0.5, 0.6) is 0 Å². The highest BCUT2D eigenvalue weighted by molar-refractivity contribution is 8.00. The van der Waals surface area contributed by atoms with Crippen molar-refractivity contribution in [2.75, 3.05) is 5.73 Å². The number of carbonyl (C=O) groups is 1. The standard InChI is InChI=1S/C15H15Cl2N3O3S/c1-7(24-12-8(16)5-4-6-9(12)17)11(21)10-13(18)19(2)15(23)20(3)14(10)22/h4-7H,18H2,1-3H3. The van der Waals surface area contributed by atoms with E-state index in [0.717, 1.165) is 20.9 Å². The summed E-state index contributed by atoms with van der Waals surface area (Å²) in [5, 5.41) is 0.150. The second-order valence-electron chi connectivity index (χ2n) is 5.14. The Kier molecular flexibility index (Phi) is 5.47. The maximum Gasteiger partial charge on any atom is 0.332 e. The highest BCUT2D eigenvalue weighted by Gasteiger charge is 2.26. The zero-order chi connectivity index (χ0) is 18.2. The SMILES string of the molecule is CC(Sc1c(Cl)cccc1Cl)C(=O)c1c(N)n(C)c(=O)n(C)c1=O. The van der Waals surface area contributed by atoms with Crippen LogP contribution in [0.2, 0.25) is 10.0 Å². The molecule has 2 N–H and O–H groups in total. The van der Waals surface area contributed by atoms with Crippen LogP contribution in [0.4, 0.5) is 5.82 Å². The number of nitrogens with two attached hydrogens (primary N) is 1. The largest absolute Gasteiger partial charge is 0.384 e. The summed E-state index contributed by atoms with van der Waals surface area (Å²) in [5.74, 6) is -0.657. The first-order chi connectivity index (χ1) is 11.2. The highest BCUT2D eigenvalue weighted by Crippen LogP contribution is 2.37. The van der Waals surface area contributed by atoms with Gasteiger partial charge < -0.3 is 5.73 Å². The number of aromatic nitrogens is 2. The fraction of sp³-hybridized carbons (Fsp3) is 0.267. The van der Waals surface area contributed by atoms with Crippen molar-refractivity contribution in [2.45, 2.75) is 17.1 Å². The van der Waals surface area contributed by atoms with Gasteiger partial charge in [-0.15, -0.1) is 11.8 Å². The molecule has 0 aliphatic rings. The van der Waals surface area contributed by atoms with Crippen molar-refractivity contribution in [1.29, 1.82) is 0 Å². The van der Waals surface area contributed by atoms with E-state index in [1.54, 1.807) is 25.1 Å². The van der Waals surface area contributed by atoms with Crippen molar-refractivity contribution in [2.24, 2.45) is 14.1 Å². The fourth-order valence-corrected chi connectivity index (χ4v) is 3.72. The van der Waals surface area contributed by atoms with Crippen LogP contribution in [0.15, 0.2) is 32.7 Å². The van der Waals surface area contributed by atoms with Gasteiger partial charge in [0.1, 0.15) is 11.4 Å². The fourth-order valence-electron chi connectivity index (χ4n) is 2.12. The summed E-state index contributed by atoms with van der Waals surface area (Å²) in [5.41, 5.74) is 4.28. The van der Waals surface area contributed by atoms with Gasteiger partial charge in [-0.25, -0.2) is 4.79 Å². The Labute approximate surface area is 152 Å². The van der Waals surface area contributed by atoms with Crippen molar-refractivity contribution in [3.8, 4) is 0 Å². The van der Waals surface area contributed by atoms with Gasteiger partial charge >= 0.3 is 5.69 Å². The minimum absolute atomic E-state index is 0.161. The molecule has 0 saturated carbocycles. The zero-order valence-electron chi connectivity index (χ0n) is 13.2. The summed E-state index contributed by atoms with van der Waals surface area (Å²) in [7, 11) is 2.69. The lowest BCUT2D eigenvalue weighted by Crippen LogP contribution is -2.42. The van der Waals surface area contributed by atoms with Crippen LogP contribution < -0.4 is 17.0 Å². The molecule has 0 fully saturated rings. The Morgan fingerprint density at radius 1 is 1.17 bits per heavy atom. The van der Waals surface area contributed by atoms with Gasteiger partial charge in [0.2, 0.25) is 0 Å². The maximum atomic E-state index is 12.7. The molecule has 6 nitrogen and oxygen atoms in total. The van der Waals surface area contributed by atoms with E-state index in [-0.39, 0.29) is 11.4 Å². The van der Waals surface area contributed by atoms with E-state index in [2.05, 4.69) is 0 Å². The summed E-state index contributed by atoms with van der Waals surface area (Å²) in [6, 6.07) is 5.01. The van der Waals surface area contributed by atoms with Crippen LogP contribution in [0, 0.1) is 0 Å². The first kappa shape index (κ1) is 18.6. The summed E-state index contributed by atoms with van der Waals surface area (Å²) < 4.78 is 1.91. The molecule has 2 rings (SSSR count). The third kappa shape index (κ3) is 3.24. The first-order valence-corrected chi connectivity index (χ1v) is 8.50. The van der Waals surface area contributed by atoms with Gasteiger partial charge in [-0.3, -0.25) is 18.7 Å². The second-order valence-corrected chi connectivity index (χ2v) is 7.31. The number of Topliss-reactive ketones (excluding diaryl/α,β-unsaturated/α-hetero) is 1. The monoisotopic (exact) mass is 387 g/mol. The van der Waals surface area contributed by atoms with Gasteiger partial charge in [0, 0.05) is 19.0 Å². The number of anilines is 1. The molecule has 9 heteroatoms. The molecular formula is C15H15Cl2N3O3S. The predicted molar refractivity (Wildman–Crippen MR) is 97.4 cm³/mol. The molecule has 0 bridgehead atoms. The van der Waals surface area contributed by atoms with Crippen LogP contribution in [-0.2, 0) is 14.1 Å². The zero-order valence-corrected chi connectivity index (χ0v) is 15.5. The van der Waals surface area contributed by atoms with Crippen molar-refractivity contribution < 1.29 is 4.79 Å². The molecule has 128 valence electrons. The number of halogens is 2. The maximum absolute atomic E-state index is 12.7. The molecule has 0 saturated heterocycles. The predicted octanol–water partition coefficient (Wildman–Crippen LogP) is 2.34. The van der Waals surface area contributed by atoms with Gasteiger partial charge in [0.05, 0.1) is 15.3 Å².